The van der Waals surface area contributed by atoms with Crippen LogP contribution in [0.25, 0.3) is 0 Å². The van der Waals surface area contributed by atoms with Gasteiger partial charge in [-0.25, -0.2) is 0 Å². The van der Waals surface area contributed by atoms with Gasteiger partial charge in [0.25, 0.3) is 0 Å². The van der Waals surface area contributed by atoms with Crippen LogP contribution >= 0.6 is 0 Å². The van der Waals surface area contributed by atoms with Gasteiger partial charge in [0.15, 0.2) is 0 Å². The van der Waals surface area contributed by atoms with Crippen molar-refractivity contribution in [2.24, 2.45) is 5.92 Å². The Bertz CT molecular complexity index is 220. The van der Waals surface area contributed by atoms with Crippen molar-refractivity contribution in [2.45, 2.75) is 38.1 Å². The van der Waals surface area contributed by atoms with Crippen LogP contribution in [-0.4, -0.2) is 62.7 Å². The summed E-state index contributed by atoms with van der Waals surface area (Å²) in [6.07, 6.45) is 6.87. The van der Waals surface area contributed by atoms with Crippen molar-refractivity contribution in [2.75, 3.05) is 46.8 Å². The van der Waals surface area contributed by atoms with Gasteiger partial charge in [0.1, 0.15) is 0 Å². The largest absolute Gasteiger partial charge is 0.314 e. The second-order valence-electron chi connectivity index (χ2n) is 6.11. The number of nitrogens with one attached hydrogen (secondary N) is 1. The standard InChI is InChI=1S/C14H29N3/c1-16-8-4-6-14(7-10-16)15-11-13-5-3-9-17(2)12-13/h13-15H,3-12H2,1-2H3. The van der Waals surface area contributed by atoms with E-state index < -0.39 is 0 Å². The molecule has 0 amide bonds. The smallest absolute Gasteiger partial charge is 0.00798 e. The van der Waals surface area contributed by atoms with Crippen molar-refractivity contribution in [3.63, 3.8) is 0 Å². The van der Waals surface area contributed by atoms with Crippen LogP contribution in [0.1, 0.15) is 32.1 Å². The summed E-state index contributed by atoms with van der Waals surface area (Å²) >= 11 is 0. The fourth-order valence-electron chi connectivity index (χ4n) is 3.22. The molecule has 100 valence electrons. The first-order valence-corrected chi connectivity index (χ1v) is 7.34. The molecule has 17 heavy (non-hydrogen) atoms. The lowest BCUT2D eigenvalue weighted by Gasteiger charge is -2.31. The summed E-state index contributed by atoms with van der Waals surface area (Å²) < 4.78 is 0. The lowest BCUT2D eigenvalue weighted by molar-refractivity contribution is 0.201. The molecule has 0 radical (unpaired) electrons. The first-order chi connectivity index (χ1) is 8.24. The van der Waals surface area contributed by atoms with Crippen molar-refractivity contribution in [3.05, 3.63) is 0 Å². The molecule has 0 bridgehead atoms. The number of likely N-dealkylation sites (tertiary alicyclic amines) is 2. The molecule has 2 fully saturated rings. The predicted molar refractivity (Wildman–Crippen MR) is 73.4 cm³/mol. The molecule has 2 heterocycles. The summed E-state index contributed by atoms with van der Waals surface area (Å²) in [7, 11) is 4.51. The SMILES string of the molecule is CN1CCCC(NCC2CCCN(C)C2)CC1. The molecule has 0 aromatic heterocycles. The van der Waals surface area contributed by atoms with Gasteiger partial charge in [-0.2, -0.15) is 0 Å². The number of nitrogens with zero attached hydrogens (tertiary/aromatic N) is 2. The maximum Gasteiger partial charge on any atom is 0.00798 e. The van der Waals surface area contributed by atoms with Crippen LogP contribution in [0, 0.1) is 5.92 Å². The van der Waals surface area contributed by atoms with Gasteiger partial charge in [-0.05, 0) is 78.3 Å². The lowest BCUT2D eigenvalue weighted by Crippen LogP contribution is -2.40. The molecule has 0 saturated carbocycles. The van der Waals surface area contributed by atoms with Crippen molar-refractivity contribution in [1.29, 1.82) is 0 Å². The number of piperidine rings is 1. The van der Waals surface area contributed by atoms with Crippen molar-refractivity contribution < 1.29 is 0 Å². The fourth-order valence-corrected chi connectivity index (χ4v) is 3.22. The molecule has 2 aliphatic heterocycles. The van der Waals surface area contributed by atoms with Gasteiger partial charge in [0, 0.05) is 12.6 Å². The average molecular weight is 239 g/mol. The Kier molecular flexibility index (Phi) is 5.26. The normalized spacial score (nSPS) is 33.5. The van der Waals surface area contributed by atoms with Crippen molar-refractivity contribution in [1.82, 2.24) is 15.1 Å². The second kappa shape index (κ2) is 6.72. The predicted octanol–water partition coefficient (Wildman–Crippen LogP) is 1.40. The Labute approximate surface area is 107 Å². The van der Waals surface area contributed by atoms with Crippen molar-refractivity contribution in [3.8, 4) is 0 Å². The summed E-state index contributed by atoms with van der Waals surface area (Å²) in [6, 6.07) is 0.771. The van der Waals surface area contributed by atoms with E-state index in [1.54, 1.807) is 0 Å². The highest BCUT2D eigenvalue weighted by atomic mass is 15.1. The van der Waals surface area contributed by atoms with Gasteiger partial charge in [-0.1, -0.05) is 0 Å². The van der Waals surface area contributed by atoms with E-state index in [2.05, 4.69) is 29.2 Å². The highest BCUT2D eigenvalue weighted by Crippen LogP contribution is 2.15. The quantitative estimate of drug-likeness (QED) is 0.803. The molecule has 2 atom stereocenters. The van der Waals surface area contributed by atoms with E-state index in [0.29, 0.717) is 0 Å². The zero-order valence-electron chi connectivity index (χ0n) is 11.6. The Morgan fingerprint density at radius 1 is 0.941 bits per heavy atom. The highest BCUT2D eigenvalue weighted by Gasteiger charge is 2.19. The molecule has 2 saturated heterocycles. The van der Waals surface area contributed by atoms with Crippen molar-refractivity contribution >= 4 is 0 Å². The summed E-state index contributed by atoms with van der Waals surface area (Å²) in [4.78, 5) is 4.95. The Morgan fingerprint density at radius 3 is 2.53 bits per heavy atom. The molecule has 3 heteroatoms. The second-order valence-corrected chi connectivity index (χ2v) is 6.11. The Balaban J connectivity index is 1.66. The van der Waals surface area contributed by atoms with Crippen LogP contribution in [0.5, 0.6) is 0 Å². The molecule has 0 aromatic rings. The van der Waals surface area contributed by atoms with Gasteiger partial charge in [-0.3, -0.25) is 0 Å². The molecule has 2 aliphatic rings. The molecular formula is C14H29N3. The average Bonchev–Trinajstić information content (AvgIpc) is 2.52. The van der Waals surface area contributed by atoms with Gasteiger partial charge in [0.2, 0.25) is 0 Å². The number of rotatable bonds is 3. The molecule has 3 nitrogen and oxygen atoms in total. The van der Waals surface area contributed by atoms with E-state index >= 15 is 0 Å². The molecule has 1 N–H and O–H groups in total. The van der Waals surface area contributed by atoms with Gasteiger partial charge in [-0.15, -0.1) is 0 Å². The fraction of sp³-hybridized carbons (Fsp3) is 1.00. The number of hydrogen-bond donors (Lipinski definition) is 1. The third kappa shape index (κ3) is 4.57. The minimum absolute atomic E-state index is 0.771. The van der Waals surface area contributed by atoms with Crippen LogP contribution in [0.3, 0.4) is 0 Å². The summed E-state index contributed by atoms with van der Waals surface area (Å²) in [5.74, 6) is 0.884. The van der Waals surface area contributed by atoms with E-state index in [4.69, 9.17) is 0 Å². The third-order valence-corrected chi connectivity index (χ3v) is 4.37. The topological polar surface area (TPSA) is 18.5 Å². The van der Waals surface area contributed by atoms with Gasteiger partial charge in [0.05, 0.1) is 0 Å². The van der Waals surface area contributed by atoms with Crippen LogP contribution in [-0.2, 0) is 0 Å². The Hall–Kier alpha value is -0.120. The molecule has 2 rings (SSSR count). The summed E-state index contributed by atoms with van der Waals surface area (Å²) in [5, 5.41) is 3.82. The van der Waals surface area contributed by atoms with Crippen LogP contribution in [0.15, 0.2) is 0 Å². The van der Waals surface area contributed by atoms with Gasteiger partial charge >= 0.3 is 0 Å². The zero-order valence-corrected chi connectivity index (χ0v) is 11.6. The van der Waals surface area contributed by atoms with Crippen LogP contribution in [0.4, 0.5) is 0 Å². The number of hydrogen-bond acceptors (Lipinski definition) is 3. The highest BCUT2D eigenvalue weighted by molar-refractivity contribution is 4.77. The van der Waals surface area contributed by atoms with Gasteiger partial charge < -0.3 is 15.1 Å². The molecule has 0 aliphatic carbocycles. The van der Waals surface area contributed by atoms with Crippen LogP contribution < -0.4 is 5.32 Å². The first kappa shape index (κ1) is 13.3. The van der Waals surface area contributed by atoms with E-state index in [0.717, 1.165) is 12.0 Å². The third-order valence-electron chi connectivity index (χ3n) is 4.37. The first-order valence-electron chi connectivity index (χ1n) is 7.34. The zero-order chi connectivity index (χ0) is 12.1. The monoisotopic (exact) mass is 239 g/mol. The maximum absolute atomic E-state index is 3.82. The van der Waals surface area contributed by atoms with Crippen LogP contribution in [0.2, 0.25) is 0 Å². The van der Waals surface area contributed by atoms with E-state index in [1.807, 2.05) is 0 Å². The lowest BCUT2D eigenvalue weighted by atomic mass is 9.97. The minimum atomic E-state index is 0.771. The molecular weight excluding hydrogens is 210 g/mol. The Morgan fingerprint density at radius 2 is 1.71 bits per heavy atom. The summed E-state index contributed by atoms with van der Waals surface area (Å²) in [5.41, 5.74) is 0. The molecule has 0 spiro atoms. The van der Waals surface area contributed by atoms with E-state index in [1.165, 1.54) is 64.8 Å². The van der Waals surface area contributed by atoms with E-state index in [-0.39, 0.29) is 0 Å². The summed E-state index contributed by atoms with van der Waals surface area (Å²) in [6.45, 7) is 6.37. The maximum atomic E-state index is 3.82. The minimum Gasteiger partial charge on any atom is -0.314 e. The van der Waals surface area contributed by atoms with E-state index in [9.17, 15) is 0 Å². The molecule has 0 aromatic carbocycles. The molecule has 2 unspecified atom stereocenters.